The van der Waals surface area contributed by atoms with E-state index in [-0.39, 0.29) is 12.1 Å². The van der Waals surface area contributed by atoms with Gasteiger partial charge < -0.3 is 20.1 Å². The minimum absolute atomic E-state index is 0.176. The molecular formula is C17H22N4O3. The number of benzene rings is 1. The van der Waals surface area contributed by atoms with Gasteiger partial charge in [0.2, 0.25) is 0 Å². The molecule has 1 aliphatic rings. The summed E-state index contributed by atoms with van der Waals surface area (Å²) in [6, 6.07) is 5.54. The first-order chi connectivity index (χ1) is 11.7. The van der Waals surface area contributed by atoms with Crippen molar-refractivity contribution in [3.05, 3.63) is 41.2 Å². The van der Waals surface area contributed by atoms with E-state index >= 15 is 0 Å². The zero-order valence-corrected chi connectivity index (χ0v) is 13.9. The molecular weight excluding hydrogens is 308 g/mol. The fraction of sp³-hybridized carbons (Fsp3) is 0.412. The van der Waals surface area contributed by atoms with Crippen molar-refractivity contribution < 1.29 is 14.3 Å². The molecule has 24 heavy (non-hydrogen) atoms. The van der Waals surface area contributed by atoms with Crippen LogP contribution in [0.3, 0.4) is 0 Å². The molecule has 2 heterocycles. The summed E-state index contributed by atoms with van der Waals surface area (Å²) in [5, 5.41) is 12.2. The van der Waals surface area contributed by atoms with E-state index in [1.165, 1.54) is 0 Å². The number of amides is 2. The molecule has 3 rings (SSSR count). The van der Waals surface area contributed by atoms with Crippen LogP contribution in [0.15, 0.2) is 24.4 Å². The van der Waals surface area contributed by atoms with Crippen molar-refractivity contribution in [3.8, 4) is 11.5 Å². The largest absolute Gasteiger partial charge is 0.494 e. The van der Waals surface area contributed by atoms with Gasteiger partial charge in [0.05, 0.1) is 18.8 Å². The number of rotatable bonds is 6. The maximum Gasteiger partial charge on any atom is 0.315 e. The number of carbonyl (C=O) groups excluding carboxylic acids is 1. The molecule has 7 heteroatoms. The lowest BCUT2D eigenvalue weighted by molar-refractivity contribution is 0.239. The van der Waals surface area contributed by atoms with Crippen LogP contribution in [0.1, 0.15) is 30.7 Å². The lowest BCUT2D eigenvalue weighted by Gasteiger charge is -2.13. The Hall–Kier alpha value is -2.70. The number of urea groups is 1. The number of nitrogens with one attached hydrogen (secondary N) is 3. The number of aromatic nitrogens is 2. The predicted molar refractivity (Wildman–Crippen MR) is 89.1 cm³/mol. The first-order valence-electron chi connectivity index (χ1n) is 8.11. The van der Waals surface area contributed by atoms with Crippen molar-refractivity contribution in [2.75, 3.05) is 6.61 Å². The number of carbonyl (C=O) groups is 1. The van der Waals surface area contributed by atoms with Crippen molar-refractivity contribution >= 4 is 6.03 Å². The summed E-state index contributed by atoms with van der Waals surface area (Å²) in [7, 11) is 0. The fourth-order valence-corrected chi connectivity index (χ4v) is 2.71. The van der Waals surface area contributed by atoms with Crippen LogP contribution in [-0.4, -0.2) is 28.9 Å². The standard InChI is InChI=1S/C17H22N4O3/c1-3-23-15-7-12-6-11(2)24-16(12)8-13(15)9-18-17(22)19-10-14-4-5-20-21-14/h4-5,7-8,11H,3,6,9-10H2,1-2H3,(H,20,21)(H2,18,19,22). The van der Waals surface area contributed by atoms with Crippen LogP contribution in [0.4, 0.5) is 4.79 Å². The Balaban J connectivity index is 1.61. The average Bonchev–Trinajstić information content (AvgIpc) is 3.19. The third kappa shape index (κ3) is 3.79. The second kappa shape index (κ2) is 7.25. The van der Waals surface area contributed by atoms with Gasteiger partial charge in [-0.15, -0.1) is 0 Å². The molecule has 1 unspecified atom stereocenters. The summed E-state index contributed by atoms with van der Waals surface area (Å²) in [5.41, 5.74) is 2.90. The molecule has 0 fully saturated rings. The summed E-state index contributed by atoms with van der Waals surface area (Å²) in [4.78, 5) is 11.9. The summed E-state index contributed by atoms with van der Waals surface area (Å²) in [6.45, 7) is 5.33. The van der Waals surface area contributed by atoms with Gasteiger partial charge in [-0.2, -0.15) is 5.10 Å². The molecule has 0 aliphatic carbocycles. The molecule has 0 bridgehead atoms. The Kier molecular flexibility index (Phi) is 4.88. The van der Waals surface area contributed by atoms with Crippen molar-refractivity contribution in [2.24, 2.45) is 0 Å². The van der Waals surface area contributed by atoms with Crippen LogP contribution in [0, 0.1) is 0 Å². The molecule has 0 radical (unpaired) electrons. The molecule has 1 aromatic heterocycles. The van der Waals surface area contributed by atoms with E-state index in [1.54, 1.807) is 6.20 Å². The Morgan fingerprint density at radius 3 is 3.00 bits per heavy atom. The molecule has 0 saturated carbocycles. The second-order valence-electron chi connectivity index (χ2n) is 5.75. The van der Waals surface area contributed by atoms with Gasteiger partial charge in [-0.05, 0) is 32.0 Å². The van der Waals surface area contributed by atoms with Crippen LogP contribution in [0.2, 0.25) is 0 Å². The zero-order chi connectivity index (χ0) is 16.9. The van der Waals surface area contributed by atoms with Crippen molar-refractivity contribution in [2.45, 2.75) is 39.5 Å². The minimum Gasteiger partial charge on any atom is -0.494 e. The minimum atomic E-state index is -0.248. The predicted octanol–water partition coefficient (Wildman–Crippen LogP) is 2.13. The second-order valence-corrected chi connectivity index (χ2v) is 5.75. The van der Waals surface area contributed by atoms with Gasteiger partial charge in [-0.25, -0.2) is 4.79 Å². The third-order valence-electron chi connectivity index (χ3n) is 3.82. The first-order valence-corrected chi connectivity index (χ1v) is 8.11. The van der Waals surface area contributed by atoms with E-state index in [2.05, 4.69) is 20.8 Å². The number of nitrogens with zero attached hydrogens (tertiary/aromatic N) is 1. The SMILES string of the molecule is CCOc1cc2c(cc1CNC(=O)NCc1ccn[nH]1)OC(C)C2. The van der Waals surface area contributed by atoms with Crippen LogP contribution in [0.5, 0.6) is 11.5 Å². The lowest BCUT2D eigenvalue weighted by atomic mass is 10.1. The highest BCUT2D eigenvalue weighted by Gasteiger charge is 2.22. The van der Waals surface area contributed by atoms with Gasteiger partial charge in [0.1, 0.15) is 17.6 Å². The molecule has 1 aliphatic heterocycles. The van der Waals surface area contributed by atoms with Gasteiger partial charge in [0.15, 0.2) is 0 Å². The van der Waals surface area contributed by atoms with Crippen molar-refractivity contribution in [1.29, 1.82) is 0 Å². The van der Waals surface area contributed by atoms with E-state index in [0.717, 1.165) is 34.7 Å². The van der Waals surface area contributed by atoms with Gasteiger partial charge in [0.25, 0.3) is 0 Å². The molecule has 0 saturated heterocycles. The normalized spacial score (nSPS) is 15.5. The number of aromatic amines is 1. The monoisotopic (exact) mass is 330 g/mol. The summed E-state index contributed by atoms with van der Waals surface area (Å²) < 4.78 is 11.5. The Bertz CT molecular complexity index is 700. The van der Waals surface area contributed by atoms with Crippen LogP contribution >= 0.6 is 0 Å². The van der Waals surface area contributed by atoms with Gasteiger partial charge >= 0.3 is 6.03 Å². The van der Waals surface area contributed by atoms with Crippen LogP contribution < -0.4 is 20.1 Å². The molecule has 1 aromatic carbocycles. The van der Waals surface area contributed by atoms with E-state index < -0.39 is 0 Å². The van der Waals surface area contributed by atoms with Crippen molar-refractivity contribution in [3.63, 3.8) is 0 Å². The molecule has 128 valence electrons. The number of H-pyrrole nitrogens is 1. The maximum absolute atomic E-state index is 11.9. The fourth-order valence-electron chi connectivity index (χ4n) is 2.71. The first kappa shape index (κ1) is 16.2. The zero-order valence-electron chi connectivity index (χ0n) is 13.9. The summed E-state index contributed by atoms with van der Waals surface area (Å²) >= 11 is 0. The molecule has 2 aromatic rings. The topological polar surface area (TPSA) is 88.3 Å². The number of ether oxygens (including phenoxy) is 2. The number of fused-ring (bicyclic) bond motifs is 1. The van der Waals surface area contributed by atoms with E-state index in [0.29, 0.717) is 19.7 Å². The van der Waals surface area contributed by atoms with E-state index in [9.17, 15) is 4.79 Å². The van der Waals surface area contributed by atoms with Crippen molar-refractivity contribution in [1.82, 2.24) is 20.8 Å². The molecule has 2 amide bonds. The number of hydrogen-bond donors (Lipinski definition) is 3. The van der Waals surface area contributed by atoms with Gasteiger partial charge in [-0.1, -0.05) is 0 Å². The molecule has 7 nitrogen and oxygen atoms in total. The summed E-state index contributed by atoms with van der Waals surface area (Å²) in [6.07, 6.45) is 2.71. The molecule has 0 spiro atoms. The highest BCUT2D eigenvalue weighted by Crippen LogP contribution is 2.35. The van der Waals surface area contributed by atoms with Crippen LogP contribution in [-0.2, 0) is 19.5 Å². The number of hydrogen-bond acceptors (Lipinski definition) is 4. The van der Waals surface area contributed by atoms with Crippen LogP contribution in [0.25, 0.3) is 0 Å². The smallest absolute Gasteiger partial charge is 0.315 e. The Morgan fingerprint density at radius 1 is 1.42 bits per heavy atom. The molecule has 3 N–H and O–H groups in total. The highest BCUT2D eigenvalue weighted by atomic mass is 16.5. The molecule has 1 atom stereocenters. The average molecular weight is 330 g/mol. The third-order valence-corrected chi connectivity index (χ3v) is 3.82. The summed E-state index contributed by atoms with van der Waals surface area (Å²) in [5.74, 6) is 1.67. The van der Waals surface area contributed by atoms with Gasteiger partial charge in [-0.3, -0.25) is 5.10 Å². The lowest BCUT2D eigenvalue weighted by Crippen LogP contribution is -2.34. The van der Waals surface area contributed by atoms with E-state index in [4.69, 9.17) is 9.47 Å². The van der Waals surface area contributed by atoms with Gasteiger partial charge in [0, 0.05) is 30.3 Å². The highest BCUT2D eigenvalue weighted by molar-refractivity contribution is 5.73. The van der Waals surface area contributed by atoms with E-state index in [1.807, 2.05) is 32.0 Å². The maximum atomic E-state index is 11.9. The Labute approximate surface area is 140 Å². The Morgan fingerprint density at radius 2 is 2.25 bits per heavy atom. The quantitative estimate of drug-likeness (QED) is 0.757.